The van der Waals surface area contributed by atoms with Crippen molar-refractivity contribution in [3.63, 3.8) is 0 Å². The van der Waals surface area contributed by atoms with Gasteiger partial charge in [0.2, 0.25) is 0 Å². The maximum Gasteiger partial charge on any atom is 0.347 e. The lowest BCUT2D eigenvalue weighted by Gasteiger charge is -1.86. The van der Waals surface area contributed by atoms with Gasteiger partial charge in [0.1, 0.15) is 4.88 Å². The summed E-state index contributed by atoms with van der Waals surface area (Å²) in [7, 11) is 0. The Balaban J connectivity index is 2.09. The van der Waals surface area contributed by atoms with Crippen molar-refractivity contribution in [1.82, 2.24) is 9.38 Å². The number of aromatic carboxylic acids is 1. The highest BCUT2D eigenvalue weighted by molar-refractivity contribution is 7.18. The molecule has 0 aromatic carbocycles. The molecule has 3 heterocycles. The molecule has 4 nitrogen and oxygen atoms in total. The molecule has 0 aliphatic carbocycles. The average Bonchev–Trinajstić information content (AvgIpc) is 2.88. The van der Waals surface area contributed by atoms with Crippen LogP contribution in [0.1, 0.15) is 9.67 Å². The van der Waals surface area contributed by atoms with Crippen LogP contribution in [0.4, 0.5) is 0 Å². The van der Waals surface area contributed by atoms with Crippen LogP contribution in [0.5, 0.6) is 0 Å². The minimum Gasteiger partial charge on any atom is -0.477 e. The van der Waals surface area contributed by atoms with Gasteiger partial charge < -0.3 is 5.11 Å². The van der Waals surface area contributed by atoms with Crippen LogP contribution < -0.4 is 0 Å². The number of halogens is 1. The van der Waals surface area contributed by atoms with E-state index >= 15 is 0 Å². The summed E-state index contributed by atoms with van der Waals surface area (Å²) in [5.74, 6) is -0.930. The fraction of sp³-hybridized carbons (Fsp3) is 0. The number of thiazole rings is 1. The zero-order valence-electron chi connectivity index (χ0n) is 8.25. The lowest BCUT2D eigenvalue weighted by Crippen LogP contribution is -1.90. The van der Waals surface area contributed by atoms with E-state index in [-0.39, 0.29) is 4.88 Å². The largest absolute Gasteiger partial charge is 0.477 e. The third-order valence-corrected chi connectivity index (χ3v) is 4.31. The van der Waals surface area contributed by atoms with Gasteiger partial charge in [0.05, 0.1) is 10.0 Å². The molecule has 0 saturated heterocycles. The van der Waals surface area contributed by atoms with Gasteiger partial charge >= 0.3 is 5.97 Å². The SMILES string of the molecule is O=C(O)c1cn2cc(-c3csc(Cl)c3)nc2s1. The van der Waals surface area contributed by atoms with Crippen LogP contribution in [0.3, 0.4) is 0 Å². The topological polar surface area (TPSA) is 54.6 Å². The van der Waals surface area contributed by atoms with Crippen LogP contribution in [0, 0.1) is 0 Å². The molecule has 0 spiro atoms. The van der Waals surface area contributed by atoms with Crippen molar-refractivity contribution in [2.75, 3.05) is 0 Å². The highest BCUT2D eigenvalue weighted by Crippen LogP contribution is 2.29. The molecule has 3 aromatic heterocycles. The molecule has 0 aliphatic rings. The zero-order valence-corrected chi connectivity index (χ0v) is 10.6. The van der Waals surface area contributed by atoms with Gasteiger partial charge in [-0.2, -0.15) is 0 Å². The normalized spacial score (nSPS) is 11.1. The predicted molar refractivity (Wildman–Crippen MR) is 68.4 cm³/mol. The van der Waals surface area contributed by atoms with Gasteiger partial charge in [-0.25, -0.2) is 9.78 Å². The number of carboxylic acid groups (broad SMARTS) is 1. The lowest BCUT2D eigenvalue weighted by molar-refractivity contribution is 0.0702. The second kappa shape index (κ2) is 3.83. The Bertz CT molecular complexity index is 681. The third-order valence-electron chi connectivity index (χ3n) is 2.23. The summed E-state index contributed by atoms with van der Waals surface area (Å²) in [6, 6.07) is 1.84. The molecule has 1 N–H and O–H groups in total. The summed E-state index contributed by atoms with van der Waals surface area (Å²) in [6.07, 6.45) is 3.36. The molecule has 0 fully saturated rings. The van der Waals surface area contributed by atoms with Gasteiger partial charge in [0.15, 0.2) is 4.96 Å². The molecule has 0 saturated carbocycles. The number of carboxylic acids is 1. The lowest BCUT2D eigenvalue weighted by atomic mass is 10.3. The van der Waals surface area contributed by atoms with Gasteiger partial charge in [0, 0.05) is 23.3 Å². The minimum absolute atomic E-state index is 0.280. The van der Waals surface area contributed by atoms with Crippen LogP contribution in [0.15, 0.2) is 23.8 Å². The second-order valence-electron chi connectivity index (χ2n) is 3.36. The van der Waals surface area contributed by atoms with E-state index in [1.807, 2.05) is 11.4 Å². The Morgan fingerprint density at radius 2 is 2.29 bits per heavy atom. The number of rotatable bonds is 2. The van der Waals surface area contributed by atoms with E-state index in [1.54, 1.807) is 16.8 Å². The van der Waals surface area contributed by atoms with Crippen molar-refractivity contribution in [1.29, 1.82) is 0 Å². The van der Waals surface area contributed by atoms with Crippen molar-refractivity contribution in [3.05, 3.63) is 33.1 Å². The molecule has 0 amide bonds. The summed E-state index contributed by atoms with van der Waals surface area (Å²) in [6.45, 7) is 0. The molecule has 0 aliphatic heterocycles. The molecule has 0 atom stereocenters. The van der Waals surface area contributed by atoms with Crippen molar-refractivity contribution in [3.8, 4) is 11.3 Å². The number of imidazole rings is 1. The van der Waals surface area contributed by atoms with Gasteiger partial charge in [0.25, 0.3) is 0 Å². The maximum absolute atomic E-state index is 10.8. The molecule has 0 radical (unpaired) electrons. The molecule has 86 valence electrons. The fourth-order valence-corrected chi connectivity index (χ4v) is 3.16. The number of aromatic nitrogens is 2. The molecule has 7 heteroatoms. The van der Waals surface area contributed by atoms with E-state index in [2.05, 4.69) is 4.98 Å². The first kappa shape index (κ1) is 10.8. The number of nitrogens with zero attached hydrogens (tertiary/aromatic N) is 2. The maximum atomic E-state index is 10.8. The first-order valence-corrected chi connectivity index (χ1v) is 6.67. The highest BCUT2D eigenvalue weighted by atomic mass is 35.5. The highest BCUT2D eigenvalue weighted by Gasteiger charge is 2.12. The molecule has 3 rings (SSSR count). The second-order valence-corrected chi connectivity index (χ2v) is 5.91. The van der Waals surface area contributed by atoms with Crippen LogP contribution in [-0.4, -0.2) is 20.5 Å². The van der Waals surface area contributed by atoms with Crippen LogP contribution in [-0.2, 0) is 0 Å². The number of thiophene rings is 1. The van der Waals surface area contributed by atoms with Crippen LogP contribution in [0.2, 0.25) is 4.34 Å². The Kier molecular flexibility index (Phi) is 2.43. The zero-order chi connectivity index (χ0) is 12.0. The summed E-state index contributed by atoms with van der Waals surface area (Å²) in [4.78, 5) is 16.1. The first-order valence-electron chi connectivity index (χ1n) is 4.60. The van der Waals surface area contributed by atoms with Crippen LogP contribution >= 0.6 is 34.3 Å². The van der Waals surface area contributed by atoms with Gasteiger partial charge in [-0.05, 0) is 6.07 Å². The van der Waals surface area contributed by atoms with Crippen LogP contribution in [0.25, 0.3) is 16.2 Å². The Hall–Kier alpha value is -1.37. The van der Waals surface area contributed by atoms with Crippen molar-refractivity contribution in [2.24, 2.45) is 0 Å². The minimum atomic E-state index is -0.930. The average molecular weight is 285 g/mol. The van der Waals surface area contributed by atoms with E-state index in [4.69, 9.17) is 16.7 Å². The van der Waals surface area contributed by atoms with Crippen molar-refractivity contribution >= 4 is 45.2 Å². The molecule has 0 bridgehead atoms. The monoisotopic (exact) mass is 284 g/mol. The number of hydrogen-bond donors (Lipinski definition) is 1. The molecule has 0 unspecified atom stereocenters. The first-order chi connectivity index (χ1) is 8.13. The summed E-state index contributed by atoms with van der Waals surface area (Å²) < 4.78 is 2.43. The Morgan fingerprint density at radius 1 is 1.47 bits per heavy atom. The van der Waals surface area contributed by atoms with E-state index in [1.165, 1.54) is 11.3 Å². The van der Waals surface area contributed by atoms with Gasteiger partial charge in [-0.15, -0.1) is 11.3 Å². The smallest absolute Gasteiger partial charge is 0.347 e. The summed E-state index contributed by atoms with van der Waals surface area (Å²) in [5, 5.41) is 10.8. The number of hydrogen-bond acceptors (Lipinski definition) is 4. The predicted octanol–water partition coefficient (Wildman–Crippen LogP) is 3.48. The van der Waals surface area contributed by atoms with E-state index in [0.29, 0.717) is 9.30 Å². The fourth-order valence-electron chi connectivity index (χ4n) is 1.48. The van der Waals surface area contributed by atoms with Gasteiger partial charge in [-0.1, -0.05) is 22.9 Å². The summed E-state index contributed by atoms with van der Waals surface area (Å²) >= 11 is 8.45. The van der Waals surface area contributed by atoms with Crippen molar-refractivity contribution < 1.29 is 9.90 Å². The van der Waals surface area contributed by atoms with E-state index in [0.717, 1.165) is 22.6 Å². The Labute approximate surface area is 109 Å². The quantitative estimate of drug-likeness (QED) is 0.784. The van der Waals surface area contributed by atoms with E-state index in [9.17, 15) is 4.79 Å². The van der Waals surface area contributed by atoms with Crippen molar-refractivity contribution in [2.45, 2.75) is 0 Å². The molecule has 17 heavy (non-hydrogen) atoms. The number of carbonyl (C=O) groups is 1. The Morgan fingerprint density at radius 3 is 2.88 bits per heavy atom. The number of fused-ring (bicyclic) bond motifs is 1. The third kappa shape index (κ3) is 1.84. The molecular formula is C10H5ClN2O2S2. The van der Waals surface area contributed by atoms with Gasteiger partial charge in [-0.3, -0.25) is 4.40 Å². The standard InChI is InChI=1S/C10H5ClN2O2S2/c11-8-1-5(4-16-8)6-2-13-3-7(9(14)15)17-10(13)12-6/h1-4H,(H,14,15). The molecular weight excluding hydrogens is 280 g/mol. The summed E-state index contributed by atoms with van der Waals surface area (Å²) in [5.41, 5.74) is 1.75. The van der Waals surface area contributed by atoms with E-state index < -0.39 is 5.97 Å². The molecule has 3 aromatic rings.